The van der Waals surface area contributed by atoms with E-state index in [1.54, 1.807) is 0 Å². The molecule has 20 heavy (non-hydrogen) atoms. The van der Waals surface area contributed by atoms with E-state index in [4.69, 9.17) is 23.2 Å². The average Bonchev–Trinajstić information content (AvgIpc) is 2.25. The lowest BCUT2D eigenvalue weighted by molar-refractivity contribution is -0.385. The number of nitrogens with zero attached hydrogens (tertiary/aromatic N) is 2. The molecule has 0 atom stereocenters. The van der Waals surface area contributed by atoms with Gasteiger partial charge in [-0.2, -0.15) is 0 Å². The Balaban J connectivity index is 2.85. The number of nitro groups is 1. The summed E-state index contributed by atoms with van der Waals surface area (Å²) in [5.74, 6) is -0.408. The summed E-state index contributed by atoms with van der Waals surface area (Å²) in [6, 6.07) is 2.23. The van der Waals surface area contributed by atoms with Gasteiger partial charge in [-0.1, -0.05) is 37.0 Å². The molecule has 1 heterocycles. The minimum Gasteiger partial charge on any atom is -0.258 e. The highest BCUT2D eigenvalue weighted by Gasteiger charge is 2.25. The highest BCUT2D eigenvalue weighted by atomic mass is 35.5. The van der Waals surface area contributed by atoms with Crippen LogP contribution in [0.15, 0.2) is 12.1 Å². The van der Waals surface area contributed by atoms with Gasteiger partial charge in [-0.3, -0.25) is 10.1 Å². The molecule has 1 aromatic carbocycles. The Bertz CT molecular complexity index is 705. The van der Waals surface area contributed by atoms with Crippen LogP contribution in [0.4, 0.5) is 10.1 Å². The summed E-state index contributed by atoms with van der Waals surface area (Å²) in [7, 11) is 0. The van der Waals surface area contributed by atoms with E-state index in [2.05, 4.69) is 4.98 Å². The first-order valence-electron chi connectivity index (χ1n) is 5.92. The molecule has 0 unspecified atom stereocenters. The normalized spacial score (nSPS) is 11.3. The molecule has 0 saturated carbocycles. The van der Waals surface area contributed by atoms with Crippen LogP contribution in [0.2, 0.25) is 10.0 Å². The Hall–Kier alpha value is -1.46. The molecule has 0 aliphatic heterocycles. The summed E-state index contributed by atoms with van der Waals surface area (Å²) in [5.41, 5.74) is 0.201. The van der Waals surface area contributed by atoms with Crippen molar-refractivity contribution < 1.29 is 9.31 Å². The van der Waals surface area contributed by atoms with E-state index in [0.717, 1.165) is 6.07 Å². The standard InChI is InChI=1S/C13H11Cl2FN2O2/c1-6(2)3-10-13(18(19)20)12(15)11-8(14)4-7(16)5-9(11)17-10/h4-6H,3H2,1-2H3. The Morgan fingerprint density at radius 1 is 1.40 bits per heavy atom. The minimum atomic E-state index is -0.577. The van der Waals surface area contributed by atoms with Gasteiger partial charge in [-0.05, 0) is 18.4 Å². The maximum atomic E-state index is 13.4. The Labute approximate surface area is 124 Å². The first-order chi connectivity index (χ1) is 9.31. The number of hydrogen-bond acceptors (Lipinski definition) is 3. The van der Waals surface area contributed by atoms with Crippen LogP contribution < -0.4 is 0 Å². The monoisotopic (exact) mass is 316 g/mol. The van der Waals surface area contributed by atoms with Gasteiger partial charge in [-0.25, -0.2) is 9.37 Å². The van der Waals surface area contributed by atoms with E-state index < -0.39 is 10.7 Å². The number of rotatable bonds is 3. The fourth-order valence-electron chi connectivity index (χ4n) is 2.02. The Morgan fingerprint density at radius 3 is 2.60 bits per heavy atom. The van der Waals surface area contributed by atoms with Gasteiger partial charge in [0.05, 0.1) is 15.5 Å². The SMILES string of the molecule is CC(C)Cc1nc2cc(F)cc(Cl)c2c(Cl)c1[N+](=O)[O-]. The van der Waals surface area contributed by atoms with Crippen molar-refractivity contribution in [1.82, 2.24) is 4.98 Å². The summed E-state index contributed by atoms with van der Waals surface area (Å²) in [6.45, 7) is 3.81. The fourth-order valence-corrected chi connectivity index (χ4v) is 2.74. The second-order valence-electron chi connectivity index (χ2n) is 4.86. The maximum Gasteiger partial charge on any atom is 0.309 e. The predicted octanol–water partition coefficient (Wildman–Crippen LogP) is 4.79. The van der Waals surface area contributed by atoms with Crippen molar-refractivity contribution in [2.24, 2.45) is 5.92 Å². The van der Waals surface area contributed by atoms with E-state index in [9.17, 15) is 14.5 Å². The van der Waals surface area contributed by atoms with Gasteiger partial charge in [0.25, 0.3) is 0 Å². The van der Waals surface area contributed by atoms with Crippen LogP contribution in [-0.2, 0) is 6.42 Å². The molecule has 0 spiro atoms. The summed E-state index contributed by atoms with van der Waals surface area (Å²) >= 11 is 12.0. The van der Waals surface area contributed by atoms with Crippen LogP contribution in [-0.4, -0.2) is 9.91 Å². The molecule has 0 saturated heterocycles. The molecule has 0 bridgehead atoms. The van der Waals surface area contributed by atoms with Gasteiger partial charge >= 0.3 is 5.69 Å². The van der Waals surface area contributed by atoms with Crippen molar-refractivity contribution in [2.45, 2.75) is 20.3 Å². The topological polar surface area (TPSA) is 56.0 Å². The van der Waals surface area contributed by atoms with E-state index in [-0.39, 0.29) is 38.2 Å². The van der Waals surface area contributed by atoms with Crippen molar-refractivity contribution in [3.63, 3.8) is 0 Å². The lowest BCUT2D eigenvalue weighted by Gasteiger charge is -2.10. The molecule has 4 nitrogen and oxygen atoms in total. The van der Waals surface area contributed by atoms with Crippen LogP contribution in [0, 0.1) is 21.8 Å². The number of pyridine rings is 1. The van der Waals surface area contributed by atoms with Crippen molar-refractivity contribution in [2.75, 3.05) is 0 Å². The van der Waals surface area contributed by atoms with Gasteiger partial charge in [0.15, 0.2) is 0 Å². The summed E-state index contributed by atoms with van der Waals surface area (Å²) < 4.78 is 13.4. The third kappa shape index (κ3) is 2.69. The van der Waals surface area contributed by atoms with Gasteiger partial charge in [0.2, 0.25) is 0 Å². The van der Waals surface area contributed by atoms with Gasteiger partial charge < -0.3 is 0 Å². The molecule has 1 aromatic heterocycles. The van der Waals surface area contributed by atoms with Gasteiger partial charge in [-0.15, -0.1) is 0 Å². The molecule has 0 N–H and O–H groups in total. The number of halogens is 3. The van der Waals surface area contributed by atoms with Crippen LogP contribution in [0.25, 0.3) is 10.9 Å². The number of fused-ring (bicyclic) bond motifs is 1. The summed E-state index contributed by atoms with van der Waals surface area (Å²) in [4.78, 5) is 14.8. The third-order valence-corrected chi connectivity index (χ3v) is 3.44. The van der Waals surface area contributed by atoms with Crippen molar-refractivity contribution >= 4 is 39.8 Å². The second kappa shape index (κ2) is 5.50. The first-order valence-corrected chi connectivity index (χ1v) is 6.68. The van der Waals surface area contributed by atoms with Gasteiger partial charge in [0.1, 0.15) is 16.5 Å². The molecular formula is C13H11Cl2FN2O2. The van der Waals surface area contributed by atoms with Crippen LogP contribution in [0.5, 0.6) is 0 Å². The molecular weight excluding hydrogens is 306 g/mol. The van der Waals surface area contributed by atoms with Crippen LogP contribution in [0.3, 0.4) is 0 Å². The first kappa shape index (κ1) is 14.9. The minimum absolute atomic E-state index is 0.0108. The van der Waals surface area contributed by atoms with Crippen molar-refractivity contribution in [1.29, 1.82) is 0 Å². The molecule has 106 valence electrons. The molecule has 2 aromatic rings. The van der Waals surface area contributed by atoms with E-state index >= 15 is 0 Å². The molecule has 0 aliphatic rings. The zero-order valence-corrected chi connectivity index (χ0v) is 12.3. The van der Waals surface area contributed by atoms with Crippen molar-refractivity contribution in [3.8, 4) is 0 Å². The zero-order valence-electron chi connectivity index (χ0n) is 10.8. The van der Waals surface area contributed by atoms with Crippen LogP contribution in [0.1, 0.15) is 19.5 Å². The summed E-state index contributed by atoms with van der Waals surface area (Å²) in [6.07, 6.45) is 0.375. The smallest absolute Gasteiger partial charge is 0.258 e. The van der Waals surface area contributed by atoms with E-state index in [0.29, 0.717) is 6.42 Å². The molecule has 7 heteroatoms. The maximum absolute atomic E-state index is 13.4. The average molecular weight is 317 g/mol. The highest BCUT2D eigenvalue weighted by molar-refractivity contribution is 6.43. The second-order valence-corrected chi connectivity index (χ2v) is 5.64. The largest absolute Gasteiger partial charge is 0.309 e. The van der Waals surface area contributed by atoms with Crippen LogP contribution >= 0.6 is 23.2 Å². The zero-order chi connectivity index (χ0) is 15.0. The highest BCUT2D eigenvalue weighted by Crippen LogP contribution is 2.38. The molecule has 2 rings (SSSR count). The predicted molar refractivity (Wildman–Crippen MR) is 76.9 cm³/mol. The van der Waals surface area contributed by atoms with E-state index in [1.165, 1.54) is 6.07 Å². The van der Waals surface area contributed by atoms with Gasteiger partial charge in [0, 0.05) is 11.5 Å². The van der Waals surface area contributed by atoms with Crippen molar-refractivity contribution in [3.05, 3.63) is 43.8 Å². The molecule has 0 amide bonds. The molecule has 0 aliphatic carbocycles. The van der Waals surface area contributed by atoms with E-state index in [1.807, 2.05) is 13.8 Å². The lowest BCUT2D eigenvalue weighted by atomic mass is 10.0. The fraction of sp³-hybridized carbons (Fsp3) is 0.308. The number of hydrogen-bond donors (Lipinski definition) is 0. The third-order valence-electron chi connectivity index (χ3n) is 2.77. The Kier molecular flexibility index (Phi) is 4.11. The molecule has 0 fully saturated rings. The number of benzene rings is 1. The molecule has 0 radical (unpaired) electrons. The number of aromatic nitrogens is 1. The summed E-state index contributed by atoms with van der Waals surface area (Å²) in [5, 5.41) is 11.3. The quantitative estimate of drug-likeness (QED) is 0.604. The Morgan fingerprint density at radius 2 is 2.05 bits per heavy atom. The lowest BCUT2D eigenvalue weighted by Crippen LogP contribution is -2.04.